The first-order chi connectivity index (χ1) is 14.4. The predicted octanol–water partition coefficient (Wildman–Crippen LogP) is 3.49. The molecule has 3 aliphatic rings. The van der Waals surface area contributed by atoms with Crippen molar-refractivity contribution in [2.24, 2.45) is 4.99 Å². The van der Waals surface area contributed by atoms with Gasteiger partial charge in [-0.3, -0.25) is 14.6 Å². The minimum atomic E-state index is -0.575. The van der Waals surface area contributed by atoms with Gasteiger partial charge in [0.05, 0.1) is 12.6 Å². The van der Waals surface area contributed by atoms with Gasteiger partial charge in [-0.05, 0) is 52.0 Å². The number of aliphatic imine (C=N–C) groups is 1. The quantitative estimate of drug-likeness (QED) is 0.733. The molecule has 1 aromatic heterocycles. The molecule has 0 radical (unpaired) electrons. The summed E-state index contributed by atoms with van der Waals surface area (Å²) < 4.78 is 4.33. The third-order valence-corrected chi connectivity index (χ3v) is 6.87. The van der Waals surface area contributed by atoms with E-state index in [0.717, 1.165) is 41.3 Å². The Labute approximate surface area is 176 Å². The van der Waals surface area contributed by atoms with Crippen molar-refractivity contribution in [3.8, 4) is 0 Å². The standard InChI is InChI=1S/C23H28N5O2/c1-14-8-7-9-17(12-14)13-26-21(29)19-20(25(4)23(26)30)24-22-27(18-10-5-6-11-18)15(2)16(3)28(19)22/h7-9,12,18-19H,5-6,10-11,13H2,1-4H3/q+1. The van der Waals surface area contributed by atoms with E-state index in [9.17, 15) is 9.59 Å². The van der Waals surface area contributed by atoms with Gasteiger partial charge in [-0.2, -0.15) is 0 Å². The van der Waals surface area contributed by atoms with E-state index in [-0.39, 0.29) is 18.5 Å². The molecule has 2 aromatic rings. The lowest BCUT2D eigenvalue weighted by Gasteiger charge is -2.33. The number of nitrogens with zero attached hydrogens (tertiary/aromatic N) is 5. The van der Waals surface area contributed by atoms with Crippen LogP contribution in [0.1, 0.15) is 60.3 Å². The molecule has 156 valence electrons. The van der Waals surface area contributed by atoms with E-state index < -0.39 is 6.04 Å². The third kappa shape index (κ3) is 2.64. The van der Waals surface area contributed by atoms with Crippen molar-refractivity contribution < 1.29 is 14.2 Å². The van der Waals surface area contributed by atoms with Gasteiger partial charge in [-0.1, -0.05) is 34.8 Å². The number of likely N-dealkylation sites (N-methyl/N-ethyl adjacent to an activating group) is 1. The zero-order chi connectivity index (χ0) is 21.2. The van der Waals surface area contributed by atoms with Gasteiger partial charge < -0.3 is 0 Å². The highest BCUT2D eigenvalue weighted by Crippen LogP contribution is 2.38. The van der Waals surface area contributed by atoms with E-state index in [0.29, 0.717) is 11.9 Å². The van der Waals surface area contributed by atoms with Crippen molar-refractivity contribution >= 4 is 23.7 Å². The topological polar surface area (TPSA) is 61.8 Å². The molecular weight excluding hydrogens is 378 g/mol. The molecule has 2 aliphatic heterocycles. The SMILES string of the molecule is Cc1cccc(CN2C(=O)C3C(=Nc4n(C5CCCC5)c(C)c(C)[n+]43)N(C)C2=O)c1. The molecule has 1 saturated carbocycles. The Morgan fingerprint density at radius 2 is 1.87 bits per heavy atom. The van der Waals surface area contributed by atoms with Crippen LogP contribution < -0.4 is 4.57 Å². The summed E-state index contributed by atoms with van der Waals surface area (Å²) in [5, 5.41) is 0. The van der Waals surface area contributed by atoms with Crippen LogP contribution in [0.3, 0.4) is 0 Å². The molecule has 2 fully saturated rings. The number of amidine groups is 1. The van der Waals surface area contributed by atoms with Crippen LogP contribution in [0.25, 0.3) is 0 Å². The lowest BCUT2D eigenvalue weighted by atomic mass is 10.1. The van der Waals surface area contributed by atoms with Gasteiger partial charge in [0.2, 0.25) is 11.9 Å². The molecule has 7 heteroatoms. The van der Waals surface area contributed by atoms with Crippen LogP contribution in [0.4, 0.5) is 10.7 Å². The number of amides is 3. The second kappa shape index (κ2) is 6.79. The number of aryl methyl sites for hydroxylation is 1. The molecule has 1 saturated heterocycles. The number of urea groups is 1. The third-order valence-electron chi connectivity index (χ3n) is 6.87. The summed E-state index contributed by atoms with van der Waals surface area (Å²) in [5.74, 6) is 1.14. The fourth-order valence-corrected chi connectivity index (χ4v) is 5.20. The number of carbonyl (C=O) groups excluding carboxylic acids is 2. The van der Waals surface area contributed by atoms with Gasteiger partial charge in [-0.15, -0.1) is 0 Å². The Bertz CT molecular complexity index is 1090. The lowest BCUT2D eigenvalue weighted by Crippen LogP contribution is -2.63. The van der Waals surface area contributed by atoms with E-state index >= 15 is 0 Å². The highest BCUT2D eigenvalue weighted by Gasteiger charge is 2.54. The monoisotopic (exact) mass is 406 g/mol. The maximum atomic E-state index is 13.6. The van der Waals surface area contributed by atoms with Crippen molar-refractivity contribution in [2.45, 2.75) is 65.1 Å². The number of hydrogen-bond acceptors (Lipinski definition) is 3. The van der Waals surface area contributed by atoms with E-state index in [2.05, 4.69) is 18.4 Å². The number of carbonyl (C=O) groups is 2. The average Bonchev–Trinajstić information content (AvgIpc) is 3.42. The summed E-state index contributed by atoms with van der Waals surface area (Å²) in [6.07, 6.45) is 4.73. The molecule has 1 aromatic carbocycles. The Hall–Kier alpha value is -2.96. The Balaban J connectivity index is 1.57. The number of benzene rings is 1. The maximum absolute atomic E-state index is 13.6. The number of hydrogen-bond donors (Lipinski definition) is 0. The zero-order valence-electron chi connectivity index (χ0n) is 18.1. The number of aromatic nitrogens is 2. The molecule has 30 heavy (non-hydrogen) atoms. The Morgan fingerprint density at radius 1 is 1.13 bits per heavy atom. The fourth-order valence-electron chi connectivity index (χ4n) is 5.20. The highest BCUT2D eigenvalue weighted by atomic mass is 16.2. The molecule has 0 N–H and O–H groups in total. The smallest absolute Gasteiger partial charge is 0.270 e. The van der Waals surface area contributed by atoms with Crippen LogP contribution >= 0.6 is 0 Å². The van der Waals surface area contributed by atoms with Gasteiger partial charge in [0.15, 0.2) is 0 Å². The van der Waals surface area contributed by atoms with Crippen LogP contribution in [0, 0.1) is 20.8 Å². The summed E-state index contributed by atoms with van der Waals surface area (Å²) in [6, 6.07) is 7.47. The number of imidazole rings is 1. The normalized spacial score (nSPS) is 21.3. The molecule has 3 heterocycles. The minimum Gasteiger partial charge on any atom is -0.270 e. The van der Waals surface area contributed by atoms with Gasteiger partial charge in [0.1, 0.15) is 11.4 Å². The second-order valence-corrected chi connectivity index (χ2v) is 8.78. The van der Waals surface area contributed by atoms with Crippen LogP contribution in [-0.2, 0) is 11.3 Å². The minimum absolute atomic E-state index is 0.200. The van der Waals surface area contributed by atoms with Gasteiger partial charge in [0.25, 0.3) is 5.91 Å². The summed E-state index contributed by atoms with van der Waals surface area (Å²) in [5.41, 5.74) is 4.27. The second-order valence-electron chi connectivity index (χ2n) is 8.78. The maximum Gasteiger partial charge on any atom is 0.402 e. The molecule has 7 nitrogen and oxygen atoms in total. The lowest BCUT2D eigenvalue weighted by molar-refractivity contribution is -0.683. The van der Waals surface area contributed by atoms with Gasteiger partial charge in [0, 0.05) is 7.05 Å². The van der Waals surface area contributed by atoms with E-state index in [1.54, 1.807) is 11.9 Å². The van der Waals surface area contributed by atoms with E-state index in [1.807, 2.05) is 35.8 Å². The predicted molar refractivity (Wildman–Crippen MR) is 113 cm³/mol. The van der Waals surface area contributed by atoms with Crippen molar-refractivity contribution in [1.82, 2.24) is 14.4 Å². The summed E-state index contributed by atoms with van der Waals surface area (Å²) in [7, 11) is 1.72. The molecule has 3 amide bonds. The van der Waals surface area contributed by atoms with Crippen LogP contribution in [-0.4, -0.2) is 39.2 Å². The first-order valence-corrected chi connectivity index (χ1v) is 10.7. The highest BCUT2D eigenvalue weighted by molar-refractivity contribution is 6.19. The summed E-state index contributed by atoms with van der Waals surface area (Å²) >= 11 is 0. The molecule has 0 bridgehead atoms. The van der Waals surface area contributed by atoms with Gasteiger partial charge >= 0.3 is 12.0 Å². The Morgan fingerprint density at radius 3 is 2.57 bits per heavy atom. The van der Waals surface area contributed by atoms with Crippen molar-refractivity contribution in [2.75, 3.05) is 7.05 Å². The first-order valence-electron chi connectivity index (χ1n) is 10.7. The summed E-state index contributed by atoms with van der Waals surface area (Å²) in [6.45, 7) is 6.44. The molecule has 5 rings (SSSR count). The molecule has 1 unspecified atom stereocenters. The van der Waals surface area contributed by atoms with Gasteiger partial charge in [-0.25, -0.2) is 13.9 Å². The number of fused-ring (bicyclic) bond motifs is 3. The van der Waals surface area contributed by atoms with Crippen LogP contribution in [0.5, 0.6) is 0 Å². The number of imide groups is 1. The number of rotatable bonds is 3. The Kier molecular flexibility index (Phi) is 4.31. The zero-order valence-corrected chi connectivity index (χ0v) is 18.1. The van der Waals surface area contributed by atoms with E-state index in [4.69, 9.17) is 4.99 Å². The largest absolute Gasteiger partial charge is 0.402 e. The van der Waals surface area contributed by atoms with Crippen LogP contribution in [0.15, 0.2) is 29.3 Å². The fraction of sp³-hybridized carbons (Fsp3) is 0.478. The first kappa shape index (κ1) is 19.0. The average molecular weight is 407 g/mol. The molecule has 1 aliphatic carbocycles. The van der Waals surface area contributed by atoms with Crippen LogP contribution in [0.2, 0.25) is 0 Å². The van der Waals surface area contributed by atoms with Crippen molar-refractivity contribution in [3.05, 3.63) is 46.8 Å². The molecular formula is C23H28N5O2+. The van der Waals surface area contributed by atoms with Crippen molar-refractivity contribution in [1.29, 1.82) is 0 Å². The van der Waals surface area contributed by atoms with E-state index in [1.165, 1.54) is 17.7 Å². The molecule has 0 spiro atoms. The molecule has 1 atom stereocenters. The summed E-state index contributed by atoms with van der Waals surface area (Å²) in [4.78, 5) is 34.4. The van der Waals surface area contributed by atoms with Crippen molar-refractivity contribution in [3.63, 3.8) is 0 Å².